The van der Waals surface area contributed by atoms with E-state index < -0.39 is 11.6 Å². The van der Waals surface area contributed by atoms with E-state index in [2.05, 4.69) is 16.0 Å². The number of hydrogen-bond donors (Lipinski definition) is 3. The van der Waals surface area contributed by atoms with Gasteiger partial charge in [0.1, 0.15) is 0 Å². The van der Waals surface area contributed by atoms with Gasteiger partial charge in [0.05, 0.1) is 24.3 Å². The zero-order valence-corrected chi connectivity index (χ0v) is 25.8. The maximum absolute atomic E-state index is 14.9. The van der Waals surface area contributed by atoms with Gasteiger partial charge in [0.25, 0.3) is 0 Å². The summed E-state index contributed by atoms with van der Waals surface area (Å²) in [5.74, 6) is -0.859. The van der Waals surface area contributed by atoms with Gasteiger partial charge in [-0.05, 0) is 112 Å². The minimum atomic E-state index is -0.870. The lowest BCUT2D eigenvalue weighted by atomic mass is 9.84. The largest absolute Gasteiger partial charge is 0.490 e. The molecule has 0 fully saturated rings. The highest BCUT2D eigenvalue weighted by molar-refractivity contribution is 5.88. The number of aliphatic hydroxyl groups is 1. The summed E-state index contributed by atoms with van der Waals surface area (Å²) < 4.78 is 20.4. The van der Waals surface area contributed by atoms with Crippen LogP contribution in [0.2, 0.25) is 0 Å². The van der Waals surface area contributed by atoms with Crippen LogP contribution >= 0.6 is 0 Å². The Labute approximate surface area is 252 Å². The number of aldehydes is 1. The molecule has 0 bridgehead atoms. The van der Waals surface area contributed by atoms with Crippen molar-refractivity contribution in [2.75, 3.05) is 25.1 Å². The van der Waals surface area contributed by atoms with Gasteiger partial charge >= 0.3 is 5.97 Å². The maximum Gasteiger partial charge on any atom is 0.307 e. The van der Waals surface area contributed by atoms with Crippen molar-refractivity contribution in [3.63, 3.8) is 0 Å². The molecule has 0 atom stereocenters. The molecule has 0 saturated heterocycles. The lowest BCUT2D eigenvalue weighted by Crippen LogP contribution is -2.14. The molecule has 7 nitrogen and oxygen atoms in total. The van der Waals surface area contributed by atoms with Gasteiger partial charge in [-0.2, -0.15) is 0 Å². The molecule has 3 heterocycles. The first-order valence-corrected chi connectivity index (χ1v) is 14.6. The van der Waals surface area contributed by atoms with Crippen LogP contribution in [-0.4, -0.2) is 53.3 Å². The van der Waals surface area contributed by atoms with Crippen LogP contribution in [0.1, 0.15) is 65.5 Å². The number of hydrogen-bond acceptors (Lipinski definition) is 5. The SMILES string of the molecule is CC(C)(C)O.Cc1cc2c(c(-c3cc(F)c4c(c3C)CCCO4)c1CC(=O)O)CCN2C.O=Cc1cc2ccccc2[nH]1. The van der Waals surface area contributed by atoms with Gasteiger partial charge in [0.2, 0.25) is 0 Å². The second-order valence-electron chi connectivity index (χ2n) is 12.2. The Morgan fingerprint density at radius 2 is 1.81 bits per heavy atom. The molecule has 0 aliphatic carbocycles. The summed E-state index contributed by atoms with van der Waals surface area (Å²) in [5, 5.41) is 19.1. The lowest BCUT2D eigenvalue weighted by Gasteiger charge is -2.25. The number of nitrogens with zero attached hydrogens (tertiary/aromatic N) is 1. The van der Waals surface area contributed by atoms with E-state index in [4.69, 9.17) is 9.84 Å². The molecule has 43 heavy (non-hydrogen) atoms. The molecule has 6 rings (SSSR count). The quantitative estimate of drug-likeness (QED) is 0.226. The Hall–Kier alpha value is -4.17. The van der Waals surface area contributed by atoms with Gasteiger partial charge in [-0.1, -0.05) is 18.2 Å². The Morgan fingerprint density at radius 1 is 1.12 bits per heavy atom. The number of aryl methyl sites for hydroxylation is 1. The van der Waals surface area contributed by atoms with E-state index in [-0.39, 0.29) is 12.2 Å². The van der Waals surface area contributed by atoms with Gasteiger partial charge in [0.15, 0.2) is 17.9 Å². The average Bonchev–Trinajstić information content (AvgIpc) is 3.54. The van der Waals surface area contributed by atoms with E-state index in [0.29, 0.717) is 18.1 Å². The van der Waals surface area contributed by atoms with Crippen LogP contribution in [0.4, 0.5) is 10.1 Å². The molecule has 0 unspecified atom stereocenters. The van der Waals surface area contributed by atoms with Crippen molar-refractivity contribution in [2.45, 2.75) is 65.9 Å². The number of para-hydroxylation sites is 1. The number of likely N-dealkylation sites (N-methyl/N-ethyl adjacent to an activating group) is 1. The van der Waals surface area contributed by atoms with Gasteiger partial charge in [-0.15, -0.1) is 0 Å². The number of anilines is 1. The van der Waals surface area contributed by atoms with Crippen LogP contribution in [0, 0.1) is 19.7 Å². The lowest BCUT2D eigenvalue weighted by molar-refractivity contribution is -0.136. The number of aromatic nitrogens is 1. The predicted octanol–water partition coefficient (Wildman–Crippen LogP) is 6.81. The first kappa shape index (κ1) is 31.8. The Bertz CT molecular complexity index is 1610. The highest BCUT2D eigenvalue weighted by Crippen LogP contribution is 2.44. The summed E-state index contributed by atoms with van der Waals surface area (Å²) >= 11 is 0. The van der Waals surface area contributed by atoms with Gasteiger partial charge < -0.3 is 24.8 Å². The van der Waals surface area contributed by atoms with Crippen molar-refractivity contribution in [1.29, 1.82) is 0 Å². The van der Waals surface area contributed by atoms with Crippen LogP contribution in [0.25, 0.3) is 22.0 Å². The monoisotopic (exact) mass is 588 g/mol. The minimum Gasteiger partial charge on any atom is -0.490 e. The first-order chi connectivity index (χ1) is 20.3. The topological polar surface area (TPSA) is 103 Å². The molecule has 228 valence electrons. The van der Waals surface area contributed by atoms with Crippen LogP contribution in [0.5, 0.6) is 5.75 Å². The standard InChI is InChI=1S/C22H24FNO3.C9H7NO.C4H10O/c1-12-9-19-15(6-7-24(19)3)21(16(12)11-20(25)26)17-10-18(23)22-14(13(17)2)5-4-8-27-22;11-6-8-5-7-3-1-2-4-9(7)10-8;1-4(2,3)5/h9-10H,4-8,11H2,1-3H3,(H,25,26);1-6,10H;5H,1-3H3. The summed E-state index contributed by atoms with van der Waals surface area (Å²) in [5.41, 5.74) is 8.73. The number of carbonyl (C=O) groups is 2. The molecule has 3 aromatic carbocycles. The number of carboxylic acids is 1. The first-order valence-electron chi connectivity index (χ1n) is 14.6. The molecule has 2 aliphatic heterocycles. The molecular formula is C35H41FN2O5. The molecule has 0 spiro atoms. The number of rotatable bonds is 4. The number of fused-ring (bicyclic) bond motifs is 3. The molecule has 2 aliphatic rings. The van der Waals surface area contributed by atoms with Crippen molar-refractivity contribution < 1.29 is 28.9 Å². The minimum absolute atomic E-state index is 0.0627. The van der Waals surface area contributed by atoms with Crippen LogP contribution in [-0.2, 0) is 24.1 Å². The van der Waals surface area contributed by atoms with Crippen LogP contribution < -0.4 is 9.64 Å². The van der Waals surface area contributed by atoms with E-state index in [1.54, 1.807) is 20.8 Å². The molecule has 1 aromatic heterocycles. The van der Waals surface area contributed by atoms with E-state index in [1.807, 2.05) is 51.2 Å². The summed E-state index contributed by atoms with van der Waals surface area (Å²) in [6, 6.07) is 13.2. The van der Waals surface area contributed by atoms with Crippen molar-refractivity contribution in [2.24, 2.45) is 0 Å². The number of carboxylic acid groups (broad SMARTS) is 1. The Kier molecular flexibility index (Phi) is 9.60. The van der Waals surface area contributed by atoms with Gasteiger partial charge in [-0.3, -0.25) is 9.59 Å². The summed E-state index contributed by atoms with van der Waals surface area (Å²) in [7, 11) is 2.04. The highest BCUT2D eigenvalue weighted by atomic mass is 19.1. The van der Waals surface area contributed by atoms with E-state index in [0.717, 1.165) is 87.6 Å². The number of benzene rings is 3. The third kappa shape index (κ3) is 7.43. The number of H-pyrrole nitrogens is 1. The molecule has 0 saturated carbocycles. The number of aromatic amines is 1. The summed E-state index contributed by atoms with van der Waals surface area (Å²) in [4.78, 5) is 27.1. The summed E-state index contributed by atoms with van der Waals surface area (Å²) in [6.07, 6.45) is 3.25. The molecule has 8 heteroatoms. The molecule has 0 amide bonds. The van der Waals surface area contributed by atoms with E-state index >= 15 is 0 Å². The van der Waals surface area contributed by atoms with Crippen LogP contribution in [0.3, 0.4) is 0 Å². The second-order valence-corrected chi connectivity index (χ2v) is 12.2. The number of aliphatic carboxylic acids is 1. The number of carbonyl (C=O) groups excluding carboxylic acids is 1. The maximum atomic E-state index is 14.9. The third-order valence-corrected chi connectivity index (χ3v) is 7.56. The van der Waals surface area contributed by atoms with Crippen molar-refractivity contribution >= 4 is 28.8 Å². The fourth-order valence-electron chi connectivity index (χ4n) is 5.66. The third-order valence-electron chi connectivity index (χ3n) is 7.56. The Morgan fingerprint density at radius 3 is 2.47 bits per heavy atom. The average molecular weight is 589 g/mol. The highest BCUT2D eigenvalue weighted by Gasteiger charge is 2.28. The van der Waals surface area contributed by atoms with Crippen molar-refractivity contribution in [3.05, 3.63) is 81.8 Å². The van der Waals surface area contributed by atoms with Crippen LogP contribution in [0.15, 0.2) is 42.5 Å². The number of nitrogens with one attached hydrogen (secondary N) is 1. The fraction of sp³-hybridized carbons (Fsp3) is 0.371. The molecular weight excluding hydrogens is 547 g/mol. The Balaban J connectivity index is 0.000000217. The van der Waals surface area contributed by atoms with Crippen molar-refractivity contribution in [1.82, 2.24) is 4.98 Å². The number of halogens is 1. The fourth-order valence-corrected chi connectivity index (χ4v) is 5.66. The normalized spacial score (nSPS) is 13.6. The zero-order chi connectivity index (χ0) is 31.5. The predicted molar refractivity (Wildman–Crippen MR) is 169 cm³/mol. The van der Waals surface area contributed by atoms with Crippen molar-refractivity contribution in [3.8, 4) is 16.9 Å². The van der Waals surface area contributed by atoms with E-state index in [9.17, 15) is 19.1 Å². The van der Waals surface area contributed by atoms with Gasteiger partial charge in [0, 0.05) is 35.7 Å². The number of ether oxygens (including phenoxy) is 1. The van der Waals surface area contributed by atoms with Gasteiger partial charge in [-0.25, -0.2) is 4.39 Å². The van der Waals surface area contributed by atoms with E-state index in [1.165, 1.54) is 6.07 Å². The summed E-state index contributed by atoms with van der Waals surface area (Å²) in [6.45, 7) is 10.6. The second kappa shape index (κ2) is 13.0. The smallest absolute Gasteiger partial charge is 0.307 e. The molecule has 3 N–H and O–H groups in total. The zero-order valence-electron chi connectivity index (χ0n) is 25.8. The molecule has 0 radical (unpaired) electrons. The molecule has 4 aromatic rings.